The number of nitrogens with one attached hydrogen (secondary N) is 1. The minimum absolute atomic E-state index is 0.0117. The molecule has 2 heterocycles. The first-order chi connectivity index (χ1) is 12.8. The molecule has 1 saturated heterocycles. The minimum atomic E-state index is -0.0117. The number of ether oxygens (including phenoxy) is 1. The number of benzene rings is 1. The van der Waals surface area contributed by atoms with Crippen LogP contribution in [-0.2, 0) is 6.42 Å². The molecule has 26 heavy (non-hydrogen) atoms. The third kappa shape index (κ3) is 4.94. The number of carbonyl (C=O) groups excluding carboxylic acids is 1. The minimum Gasteiger partial charge on any atom is -0.497 e. The standard InChI is InChI=1S/C20H26N4O2/c1-26-17-8-6-7-16(13-17)9-10-21-19-15-22-18(14-23-19)20(25)24-11-4-2-3-5-12-24/h6-8,13-15H,2-5,9-12H2,1H3,(H,21,23). The van der Waals surface area contributed by atoms with Gasteiger partial charge in [0.1, 0.15) is 17.3 Å². The van der Waals surface area contributed by atoms with Crippen molar-refractivity contribution in [3.05, 3.63) is 47.9 Å². The molecular weight excluding hydrogens is 328 g/mol. The van der Waals surface area contributed by atoms with Gasteiger partial charge in [-0.15, -0.1) is 0 Å². The number of aromatic nitrogens is 2. The average Bonchev–Trinajstić information content (AvgIpc) is 2.98. The second-order valence-electron chi connectivity index (χ2n) is 6.52. The van der Waals surface area contributed by atoms with E-state index >= 15 is 0 Å². The molecular formula is C20H26N4O2. The molecule has 0 saturated carbocycles. The number of carbonyl (C=O) groups is 1. The van der Waals surface area contributed by atoms with Gasteiger partial charge in [-0.3, -0.25) is 4.79 Å². The van der Waals surface area contributed by atoms with E-state index in [1.165, 1.54) is 18.4 Å². The van der Waals surface area contributed by atoms with Gasteiger partial charge in [-0.1, -0.05) is 25.0 Å². The molecule has 1 N–H and O–H groups in total. The van der Waals surface area contributed by atoms with Gasteiger partial charge >= 0.3 is 0 Å². The van der Waals surface area contributed by atoms with E-state index in [9.17, 15) is 4.79 Å². The first-order valence-corrected chi connectivity index (χ1v) is 9.24. The summed E-state index contributed by atoms with van der Waals surface area (Å²) >= 11 is 0. The molecule has 0 unspecified atom stereocenters. The van der Waals surface area contributed by atoms with Gasteiger partial charge in [0.05, 0.1) is 19.5 Å². The average molecular weight is 354 g/mol. The van der Waals surface area contributed by atoms with Gasteiger partial charge in [0.15, 0.2) is 0 Å². The van der Waals surface area contributed by atoms with Crippen molar-refractivity contribution in [2.75, 3.05) is 32.1 Å². The van der Waals surface area contributed by atoms with Crippen LogP contribution >= 0.6 is 0 Å². The molecule has 0 radical (unpaired) electrons. The van der Waals surface area contributed by atoms with Crippen molar-refractivity contribution in [1.82, 2.24) is 14.9 Å². The molecule has 1 aliphatic rings. The highest BCUT2D eigenvalue weighted by molar-refractivity contribution is 5.92. The highest BCUT2D eigenvalue weighted by Gasteiger charge is 2.18. The Hall–Kier alpha value is -2.63. The summed E-state index contributed by atoms with van der Waals surface area (Å²) in [5, 5.41) is 3.25. The zero-order valence-electron chi connectivity index (χ0n) is 15.3. The lowest BCUT2D eigenvalue weighted by Crippen LogP contribution is -2.32. The fourth-order valence-electron chi connectivity index (χ4n) is 3.13. The number of rotatable bonds is 6. The molecule has 0 aliphatic carbocycles. The van der Waals surface area contributed by atoms with Gasteiger partial charge in [0.25, 0.3) is 5.91 Å². The van der Waals surface area contributed by atoms with Crippen molar-refractivity contribution in [2.45, 2.75) is 32.1 Å². The van der Waals surface area contributed by atoms with Gasteiger partial charge in [-0.2, -0.15) is 0 Å². The normalized spacial score (nSPS) is 14.6. The Balaban J connectivity index is 1.51. The van der Waals surface area contributed by atoms with Crippen LogP contribution in [0.4, 0.5) is 5.82 Å². The van der Waals surface area contributed by atoms with Gasteiger partial charge in [-0.05, 0) is 37.0 Å². The number of nitrogens with zero attached hydrogens (tertiary/aromatic N) is 3. The van der Waals surface area contributed by atoms with Crippen molar-refractivity contribution in [2.24, 2.45) is 0 Å². The maximum atomic E-state index is 12.5. The molecule has 138 valence electrons. The lowest BCUT2D eigenvalue weighted by Gasteiger charge is -2.19. The Morgan fingerprint density at radius 3 is 2.65 bits per heavy atom. The lowest BCUT2D eigenvalue weighted by atomic mass is 10.1. The van der Waals surface area contributed by atoms with Crippen molar-refractivity contribution in [3.63, 3.8) is 0 Å². The Morgan fingerprint density at radius 2 is 1.96 bits per heavy atom. The summed E-state index contributed by atoms with van der Waals surface area (Å²) in [6, 6.07) is 8.01. The molecule has 6 heteroatoms. The summed E-state index contributed by atoms with van der Waals surface area (Å²) in [5.74, 6) is 1.53. The fourth-order valence-corrected chi connectivity index (χ4v) is 3.13. The molecule has 1 aromatic heterocycles. The van der Waals surface area contributed by atoms with E-state index in [-0.39, 0.29) is 5.91 Å². The van der Waals surface area contributed by atoms with Crippen molar-refractivity contribution in [3.8, 4) is 5.75 Å². The molecule has 3 rings (SSSR count). The monoisotopic (exact) mass is 354 g/mol. The van der Waals surface area contributed by atoms with Crippen LogP contribution in [0.15, 0.2) is 36.7 Å². The predicted octanol–water partition coefficient (Wildman–Crippen LogP) is 3.16. The largest absolute Gasteiger partial charge is 0.497 e. The van der Waals surface area contributed by atoms with Gasteiger partial charge in [0.2, 0.25) is 0 Å². The number of methoxy groups -OCH3 is 1. The van der Waals surface area contributed by atoms with Crippen molar-refractivity contribution in [1.29, 1.82) is 0 Å². The van der Waals surface area contributed by atoms with Crippen LogP contribution in [0.5, 0.6) is 5.75 Å². The first-order valence-electron chi connectivity index (χ1n) is 9.24. The van der Waals surface area contributed by atoms with E-state index in [4.69, 9.17) is 4.74 Å². The predicted molar refractivity (Wildman–Crippen MR) is 102 cm³/mol. The SMILES string of the molecule is COc1cccc(CCNc2cnc(C(=O)N3CCCCCC3)cn2)c1. The number of hydrogen-bond acceptors (Lipinski definition) is 5. The van der Waals surface area contributed by atoms with Crippen LogP contribution in [0, 0.1) is 0 Å². The smallest absolute Gasteiger partial charge is 0.274 e. The van der Waals surface area contributed by atoms with E-state index in [1.54, 1.807) is 19.5 Å². The summed E-state index contributed by atoms with van der Waals surface area (Å²) in [4.78, 5) is 23.0. The summed E-state index contributed by atoms with van der Waals surface area (Å²) in [6.45, 7) is 2.38. The zero-order chi connectivity index (χ0) is 18.2. The molecule has 0 atom stereocenters. The summed E-state index contributed by atoms with van der Waals surface area (Å²) in [7, 11) is 1.67. The summed E-state index contributed by atoms with van der Waals surface area (Å²) < 4.78 is 5.23. The number of amides is 1. The fraction of sp³-hybridized carbons (Fsp3) is 0.450. The Bertz CT molecular complexity index is 710. The molecule has 0 spiro atoms. The van der Waals surface area contributed by atoms with Crippen LogP contribution < -0.4 is 10.1 Å². The molecule has 1 amide bonds. The van der Waals surface area contributed by atoms with Crippen LogP contribution in [0.2, 0.25) is 0 Å². The van der Waals surface area contributed by atoms with Gasteiger partial charge in [-0.25, -0.2) is 9.97 Å². The molecule has 1 fully saturated rings. The quantitative estimate of drug-likeness (QED) is 0.863. The third-order valence-electron chi connectivity index (χ3n) is 4.62. The Morgan fingerprint density at radius 1 is 1.15 bits per heavy atom. The summed E-state index contributed by atoms with van der Waals surface area (Å²) in [5.41, 5.74) is 1.61. The van der Waals surface area contributed by atoms with Crippen LogP contribution in [0.25, 0.3) is 0 Å². The van der Waals surface area contributed by atoms with E-state index < -0.39 is 0 Å². The van der Waals surface area contributed by atoms with E-state index in [1.807, 2.05) is 23.1 Å². The van der Waals surface area contributed by atoms with Crippen LogP contribution in [0.1, 0.15) is 41.7 Å². The molecule has 0 bridgehead atoms. The second kappa shape index (κ2) is 9.17. The topological polar surface area (TPSA) is 67.3 Å². The van der Waals surface area contributed by atoms with Gasteiger partial charge < -0.3 is 15.0 Å². The number of anilines is 1. The summed E-state index contributed by atoms with van der Waals surface area (Å²) in [6.07, 6.45) is 8.61. The van der Waals surface area contributed by atoms with Crippen molar-refractivity contribution >= 4 is 11.7 Å². The van der Waals surface area contributed by atoms with E-state index in [0.717, 1.165) is 44.6 Å². The maximum absolute atomic E-state index is 12.5. The van der Waals surface area contributed by atoms with Gasteiger partial charge in [0, 0.05) is 19.6 Å². The second-order valence-corrected chi connectivity index (χ2v) is 6.52. The maximum Gasteiger partial charge on any atom is 0.274 e. The highest BCUT2D eigenvalue weighted by Crippen LogP contribution is 2.14. The molecule has 2 aromatic rings. The molecule has 1 aliphatic heterocycles. The van der Waals surface area contributed by atoms with Crippen LogP contribution in [0.3, 0.4) is 0 Å². The third-order valence-corrected chi connectivity index (χ3v) is 4.62. The highest BCUT2D eigenvalue weighted by atomic mass is 16.5. The Kier molecular flexibility index (Phi) is 6.41. The Labute approximate surface area is 154 Å². The number of hydrogen-bond donors (Lipinski definition) is 1. The first kappa shape index (κ1) is 18.2. The van der Waals surface area contributed by atoms with E-state index in [0.29, 0.717) is 11.5 Å². The molecule has 6 nitrogen and oxygen atoms in total. The lowest BCUT2D eigenvalue weighted by molar-refractivity contribution is 0.0755. The zero-order valence-corrected chi connectivity index (χ0v) is 15.3. The molecule has 1 aromatic carbocycles. The number of likely N-dealkylation sites (tertiary alicyclic amines) is 1. The van der Waals surface area contributed by atoms with Crippen molar-refractivity contribution < 1.29 is 9.53 Å². The van der Waals surface area contributed by atoms with Crippen LogP contribution in [-0.4, -0.2) is 47.5 Å². The van der Waals surface area contributed by atoms with E-state index in [2.05, 4.69) is 21.4 Å².